The van der Waals surface area contributed by atoms with Crippen molar-refractivity contribution in [2.24, 2.45) is 11.7 Å². The third kappa shape index (κ3) is 4.16. The molecule has 3 N–H and O–H groups in total. The van der Waals surface area contributed by atoms with Gasteiger partial charge in [-0.1, -0.05) is 6.92 Å². The van der Waals surface area contributed by atoms with Crippen LogP contribution in [-0.4, -0.2) is 19.0 Å². The molecule has 0 saturated carbocycles. The Morgan fingerprint density at radius 3 is 3.07 bits per heavy atom. The molecule has 0 saturated heterocycles. The topological polar surface area (TPSA) is 68.3 Å². The molecule has 0 bridgehead atoms. The molecule has 1 rings (SSSR count). The number of furan rings is 1. The van der Waals surface area contributed by atoms with E-state index in [0.717, 1.165) is 12.8 Å². The molecule has 1 unspecified atom stereocenters. The minimum Gasteiger partial charge on any atom is -0.459 e. The molecule has 4 heteroatoms. The van der Waals surface area contributed by atoms with Crippen LogP contribution in [0.5, 0.6) is 0 Å². The third-order valence-corrected chi connectivity index (χ3v) is 2.31. The van der Waals surface area contributed by atoms with E-state index in [1.165, 1.54) is 6.26 Å². The summed E-state index contributed by atoms with van der Waals surface area (Å²) in [5, 5.41) is 2.79. The summed E-state index contributed by atoms with van der Waals surface area (Å²) in [4.78, 5) is 11.4. The second-order valence-corrected chi connectivity index (χ2v) is 3.72. The fourth-order valence-corrected chi connectivity index (χ4v) is 1.27. The molecular formula is C11H18N2O2. The molecule has 0 fully saturated rings. The molecule has 0 radical (unpaired) electrons. The first-order chi connectivity index (χ1) is 7.24. The van der Waals surface area contributed by atoms with E-state index >= 15 is 0 Å². The van der Waals surface area contributed by atoms with Crippen LogP contribution < -0.4 is 11.1 Å². The van der Waals surface area contributed by atoms with Crippen LogP contribution in [0, 0.1) is 5.92 Å². The van der Waals surface area contributed by atoms with Crippen molar-refractivity contribution in [1.29, 1.82) is 0 Å². The SMILES string of the molecule is CC(CN)CCCNC(=O)c1ccco1. The van der Waals surface area contributed by atoms with Crippen molar-refractivity contribution < 1.29 is 9.21 Å². The van der Waals surface area contributed by atoms with Crippen LogP contribution in [0.25, 0.3) is 0 Å². The lowest BCUT2D eigenvalue weighted by Gasteiger charge is -2.07. The highest BCUT2D eigenvalue weighted by Crippen LogP contribution is 2.03. The van der Waals surface area contributed by atoms with Gasteiger partial charge in [0.05, 0.1) is 6.26 Å². The Balaban J connectivity index is 2.13. The predicted octanol–water partition coefficient (Wildman–Crippen LogP) is 1.38. The molecule has 15 heavy (non-hydrogen) atoms. The standard InChI is InChI=1S/C11H18N2O2/c1-9(8-12)4-2-6-13-11(14)10-5-3-7-15-10/h3,5,7,9H,2,4,6,8,12H2,1H3,(H,13,14). The van der Waals surface area contributed by atoms with Gasteiger partial charge in [0.15, 0.2) is 5.76 Å². The molecule has 84 valence electrons. The average Bonchev–Trinajstić information content (AvgIpc) is 2.77. The van der Waals surface area contributed by atoms with Crippen LogP contribution in [0.15, 0.2) is 22.8 Å². The van der Waals surface area contributed by atoms with Crippen LogP contribution in [0.2, 0.25) is 0 Å². The van der Waals surface area contributed by atoms with Gasteiger partial charge < -0.3 is 15.5 Å². The lowest BCUT2D eigenvalue weighted by atomic mass is 10.1. The largest absolute Gasteiger partial charge is 0.459 e. The van der Waals surface area contributed by atoms with E-state index in [1.54, 1.807) is 12.1 Å². The van der Waals surface area contributed by atoms with Crippen molar-refractivity contribution in [3.8, 4) is 0 Å². The molecule has 0 aliphatic rings. The molecule has 0 aliphatic heterocycles. The summed E-state index contributed by atoms with van der Waals surface area (Å²) in [5.41, 5.74) is 5.49. The van der Waals surface area contributed by atoms with Gasteiger partial charge in [0.2, 0.25) is 0 Å². The van der Waals surface area contributed by atoms with Crippen LogP contribution in [-0.2, 0) is 0 Å². The molecule has 1 aromatic rings. The van der Waals surface area contributed by atoms with Crippen LogP contribution in [0.4, 0.5) is 0 Å². The molecule has 0 spiro atoms. The Bertz CT molecular complexity index is 283. The van der Waals surface area contributed by atoms with Crippen molar-refractivity contribution >= 4 is 5.91 Å². The number of amides is 1. The zero-order valence-corrected chi connectivity index (χ0v) is 9.03. The number of rotatable bonds is 6. The highest BCUT2D eigenvalue weighted by atomic mass is 16.3. The quantitative estimate of drug-likeness (QED) is 0.697. The van der Waals surface area contributed by atoms with Crippen molar-refractivity contribution in [2.45, 2.75) is 19.8 Å². The Morgan fingerprint density at radius 2 is 2.47 bits per heavy atom. The first-order valence-corrected chi connectivity index (χ1v) is 5.25. The maximum absolute atomic E-state index is 11.4. The molecule has 1 aromatic heterocycles. The summed E-state index contributed by atoms with van der Waals surface area (Å²) in [6.07, 6.45) is 3.48. The normalized spacial score (nSPS) is 12.4. The van der Waals surface area contributed by atoms with E-state index < -0.39 is 0 Å². The summed E-state index contributed by atoms with van der Waals surface area (Å²) >= 11 is 0. The van der Waals surface area contributed by atoms with Gasteiger partial charge in [-0.15, -0.1) is 0 Å². The molecular weight excluding hydrogens is 192 g/mol. The maximum Gasteiger partial charge on any atom is 0.286 e. The van der Waals surface area contributed by atoms with Crippen molar-refractivity contribution in [2.75, 3.05) is 13.1 Å². The molecule has 0 aromatic carbocycles. The smallest absolute Gasteiger partial charge is 0.286 e. The number of hydrogen-bond acceptors (Lipinski definition) is 3. The first-order valence-electron chi connectivity index (χ1n) is 5.25. The summed E-state index contributed by atoms with van der Waals surface area (Å²) in [5.74, 6) is 0.729. The molecule has 4 nitrogen and oxygen atoms in total. The number of carbonyl (C=O) groups excluding carboxylic acids is 1. The van der Waals surface area contributed by atoms with Crippen molar-refractivity contribution in [3.05, 3.63) is 24.2 Å². The first kappa shape index (κ1) is 11.8. The van der Waals surface area contributed by atoms with E-state index in [-0.39, 0.29) is 5.91 Å². The summed E-state index contributed by atoms with van der Waals surface area (Å²) in [6.45, 7) is 3.48. The van der Waals surface area contributed by atoms with E-state index in [4.69, 9.17) is 10.2 Å². The van der Waals surface area contributed by atoms with Gasteiger partial charge in [-0.3, -0.25) is 4.79 Å². The van der Waals surface area contributed by atoms with Gasteiger partial charge >= 0.3 is 0 Å². The van der Waals surface area contributed by atoms with Gasteiger partial charge in [0.1, 0.15) is 0 Å². The van der Waals surface area contributed by atoms with Gasteiger partial charge in [0, 0.05) is 6.54 Å². The molecule has 1 atom stereocenters. The van der Waals surface area contributed by atoms with E-state index in [0.29, 0.717) is 24.8 Å². The fraction of sp³-hybridized carbons (Fsp3) is 0.545. The summed E-state index contributed by atoms with van der Waals surface area (Å²) in [6, 6.07) is 3.35. The van der Waals surface area contributed by atoms with E-state index in [2.05, 4.69) is 12.2 Å². The van der Waals surface area contributed by atoms with Crippen LogP contribution in [0.1, 0.15) is 30.3 Å². The summed E-state index contributed by atoms with van der Waals surface area (Å²) in [7, 11) is 0. The van der Waals surface area contributed by atoms with Crippen LogP contribution >= 0.6 is 0 Å². The minimum atomic E-state index is -0.152. The fourth-order valence-electron chi connectivity index (χ4n) is 1.27. The molecule has 1 heterocycles. The van der Waals surface area contributed by atoms with Gasteiger partial charge in [-0.25, -0.2) is 0 Å². The lowest BCUT2D eigenvalue weighted by molar-refractivity contribution is 0.0925. The second-order valence-electron chi connectivity index (χ2n) is 3.72. The minimum absolute atomic E-state index is 0.152. The zero-order chi connectivity index (χ0) is 11.1. The van der Waals surface area contributed by atoms with Gasteiger partial charge in [-0.05, 0) is 37.4 Å². The highest BCUT2D eigenvalue weighted by molar-refractivity contribution is 5.91. The Labute approximate surface area is 89.8 Å². The van der Waals surface area contributed by atoms with Crippen molar-refractivity contribution in [1.82, 2.24) is 5.32 Å². The Morgan fingerprint density at radius 1 is 1.67 bits per heavy atom. The second kappa shape index (κ2) is 6.24. The van der Waals surface area contributed by atoms with Crippen molar-refractivity contribution in [3.63, 3.8) is 0 Å². The number of nitrogens with two attached hydrogens (primary N) is 1. The van der Waals surface area contributed by atoms with Crippen LogP contribution in [0.3, 0.4) is 0 Å². The Kier molecular flexibility index (Phi) is 4.90. The number of nitrogens with one attached hydrogen (secondary N) is 1. The third-order valence-electron chi connectivity index (χ3n) is 2.31. The monoisotopic (exact) mass is 210 g/mol. The Hall–Kier alpha value is -1.29. The highest BCUT2D eigenvalue weighted by Gasteiger charge is 2.06. The van der Waals surface area contributed by atoms with E-state index in [1.807, 2.05) is 0 Å². The van der Waals surface area contributed by atoms with Gasteiger partial charge in [-0.2, -0.15) is 0 Å². The average molecular weight is 210 g/mol. The van der Waals surface area contributed by atoms with Gasteiger partial charge in [0.25, 0.3) is 5.91 Å². The number of hydrogen-bond donors (Lipinski definition) is 2. The molecule has 1 amide bonds. The maximum atomic E-state index is 11.4. The predicted molar refractivity (Wildman–Crippen MR) is 58.5 cm³/mol. The molecule has 0 aliphatic carbocycles. The zero-order valence-electron chi connectivity index (χ0n) is 9.03. The number of carbonyl (C=O) groups is 1. The van der Waals surface area contributed by atoms with E-state index in [9.17, 15) is 4.79 Å². The lowest BCUT2D eigenvalue weighted by Crippen LogP contribution is -2.24. The summed E-state index contributed by atoms with van der Waals surface area (Å²) < 4.78 is 4.96.